The predicted molar refractivity (Wildman–Crippen MR) is 67.9 cm³/mol. The van der Waals surface area contributed by atoms with Gasteiger partial charge in [0.15, 0.2) is 5.78 Å². The molecule has 0 radical (unpaired) electrons. The number of ketones is 1. The van der Waals surface area contributed by atoms with Gasteiger partial charge in [0.1, 0.15) is 0 Å². The molecule has 2 aromatic rings. The van der Waals surface area contributed by atoms with E-state index < -0.39 is 4.92 Å². The van der Waals surface area contributed by atoms with Crippen molar-refractivity contribution < 1.29 is 9.72 Å². The number of rotatable bonds is 3. The summed E-state index contributed by atoms with van der Waals surface area (Å²) in [5.74, 6) is -0.352. The number of nitro groups is 1. The van der Waals surface area contributed by atoms with Crippen molar-refractivity contribution in [2.75, 3.05) is 0 Å². The topological polar surface area (TPSA) is 78.0 Å². The van der Waals surface area contributed by atoms with E-state index in [1.165, 1.54) is 23.7 Å². The number of benzene rings is 1. The zero-order valence-corrected chi connectivity index (χ0v) is 10.9. The normalized spacial score (nSPS) is 10.3. The zero-order chi connectivity index (χ0) is 13.3. The summed E-state index contributed by atoms with van der Waals surface area (Å²) in [6, 6.07) is 4.31. The summed E-state index contributed by atoms with van der Waals surface area (Å²) in [6.07, 6.45) is 3.29. The second-order valence-corrected chi connectivity index (χ2v) is 4.53. The molecule has 0 bridgehead atoms. The second kappa shape index (κ2) is 4.69. The van der Waals surface area contributed by atoms with Crippen LogP contribution in [0, 0.1) is 10.1 Å². The largest absolute Gasteiger partial charge is 0.294 e. The zero-order valence-electron chi connectivity index (χ0n) is 9.33. The van der Waals surface area contributed by atoms with Crippen molar-refractivity contribution >= 4 is 27.4 Å². The van der Waals surface area contributed by atoms with Crippen LogP contribution in [0.1, 0.15) is 17.3 Å². The molecule has 0 aliphatic heterocycles. The van der Waals surface area contributed by atoms with Crippen LogP contribution in [-0.2, 0) is 0 Å². The fourth-order valence-corrected chi connectivity index (χ4v) is 1.84. The summed E-state index contributed by atoms with van der Waals surface area (Å²) in [7, 11) is 0. The number of nitro benzene ring substituents is 1. The summed E-state index contributed by atoms with van der Waals surface area (Å²) in [6.45, 7) is 1.30. The van der Waals surface area contributed by atoms with Crippen molar-refractivity contribution in [3.05, 3.63) is 50.7 Å². The minimum Gasteiger partial charge on any atom is -0.294 e. The monoisotopic (exact) mass is 309 g/mol. The van der Waals surface area contributed by atoms with Crippen LogP contribution in [0.3, 0.4) is 0 Å². The van der Waals surface area contributed by atoms with Gasteiger partial charge in [0.2, 0.25) is 0 Å². The fraction of sp³-hybridized carbons (Fsp3) is 0.0909. The summed E-state index contributed by atoms with van der Waals surface area (Å²) in [4.78, 5) is 21.6. The van der Waals surface area contributed by atoms with Gasteiger partial charge in [0, 0.05) is 12.3 Å². The van der Waals surface area contributed by atoms with Crippen LogP contribution >= 0.6 is 15.9 Å². The standard InChI is InChI=1S/C11H8BrN3O3/c1-7(16)10-4-9(2-3-11(10)15(17)18)14-6-8(12)5-13-14/h2-6H,1H3. The Morgan fingerprint density at radius 3 is 2.72 bits per heavy atom. The van der Waals surface area contributed by atoms with E-state index in [0.717, 1.165) is 4.47 Å². The van der Waals surface area contributed by atoms with Crippen molar-refractivity contribution in [3.63, 3.8) is 0 Å². The van der Waals surface area contributed by atoms with E-state index in [1.807, 2.05) is 0 Å². The van der Waals surface area contributed by atoms with E-state index in [-0.39, 0.29) is 17.0 Å². The average molecular weight is 310 g/mol. The molecule has 0 spiro atoms. The Bertz CT molecular complexity index is 636. The number of hydrogen-bond donors (Lipinski definition) is 0. The maximum absolute atomic E-state index is 11.4. The number of carbonyl (C=O) groups is 1. The van der Waals surface area contributed by atoms with Crippen LogP contribution < -0.4 is 0 Å². The first kappa shape index (κ1) is 12.4. The van der Waals surface area contributed by atoms with Gasteiger partial charge >= 0.3 is 0 Å². The molecule has 92 valence electrons. The van der Waals surface area contributed by atoms with Crippen LogP contribution in [0.5, 0.6) is 0 Å². The molecule has 7 heteroatoms. The highest BCUT2D eigenvalue weighted by Crippen LogP contribution is 2.23. The van der Waals surface area contributed by atoms with Gasteiger partial charge in [-0.2, -0.15) is 5.10 Å². The highest BCUT2D eigenvalue weighted by Gasteiger charge is 2.18. The molecule has 1 aromatic carbocycles. The van der Waals surface area contributed by atoms with Gasteiger partial charge in [-0.05, 0) is 35.0 Å². The first-order valence-electron chi connectivity index (χ1n) is 4.99. The molecule has 0 atom stereocenters. The Kier molecular flexibility index (Phi) is 3.24. The van der Waals surface area contributed by atoms with Gasteiger partial charge in [0.05, 0.1) is 26.8 Å². The molecule has 0 amide bonds. The number of hydrogen-bond acceptors (Lipinski definition) is 4. The molecule has 0 aliphatic rings. The highest BCUT2D eigenvalue weighted by atomic mass is 79.9. The Hall–Kier alpha value is -2.02. The lowest BCUT2D eigenvalue weighted by Crippen LogP contribution is -2.03. The van der Waals surface area contributed by atoms with Gasteiger partial charge in [-0.3, -0.25) is 14.9 Å². The minimum atomic E-state index is -0.570. The Balaban J connectivity index is 2.56. The minimum absolute atomic E-state index is 0.0733. The number of aromatic nitrogens is 2. The quantitative estimate of drug-likeness (QED) is 0.496. The van der Waals surface area contributed by atoms with Crippen molar-refractivity contribution in [2.45, 2.75) is 6.92 Å². The second-order valence-electron chi connectivity index (χ2n) is 3.62. The molecule has 1 aromatic heterocycles. The van der Waals surface area contributed by atoms with Crippen LogP contribution in [0.4, 0.5) is 5.69 Å². The van der Waals surface area contributed by atoms with Gasteiger partial charge in [-0.15, -0.1) is 0 Å². The third-order valence-corrected chi connectivity index (χ3v) is 2.78. The van der Waals surface area contributed by atoms with E-state index in [4.69, 9.17) is 0 Å². The van der Waals surface area contributed by atoms with Crippen LogP contribution in [0.15, 0.2) is 35.1 Å². The first-order valence-corrected chi connectivity index (χ1v) is 5.78. The van der Waals surface area contributed by atoms with E-state index in [0.29, 0.717) is 5.69 Å². The fourth-order valence-electron chi connectivity index (χ4n) is 1.55. The average Bonchev–Trinajstić information content (AvgIpc) is 2.75. The summed E-state index contributed by atoms with van der Waals surface area (Å²) < 4.78 is 2.31. The van der Waals surface area contributed by atoms with E-state index in [2.05, 4.69) is 21.0 Å². The number of carbonyl (C=O) groups excluding carboxylic acids is 1. The Labute approximate surface area is 111 Å². The lowest BCUT2D eigenvalue weighted by molar-refractivity contribution is -0.385. The maximum Gasteiger partial charge on any atom is 0.280 e. The molecular weight excluding hydrogens is 302 g/mol. The highest BCUT2D eigenvalue weighted by molar-refractivity contribution is 9.10. The lowest BCUT2D eigenvalue weighted by atomic mass is 10.1. The molecule has 0 N–H and O–H groups in total. The van der Waals surface area contributed by atoms with Gasteiger partial charge in [-0.1, -0.05) is 0 Å². The van der Waals surface area contributed by atoms with Gasteiger partial charge < -0.3 is 0 Å². The molecule has 6 nitrogen and oxygen atoms in total. The summed E-state index contributed by atoms with van der Waals surface area (Å²) >= 11 is 3.26. The maximum atomic E-state index is 11.4. The van der Waals surface area contributed by atoms with Crippen LogP contribution in [0.2, 0.25) is 0 Å². The number of halogens is 1. The SMILES string of the molecule is CC(=O)c1cc(-n2cc(Br)cn2)ccc1[N+](=O)[O-]. The molecule has 0 saturated heterocycles. The predicted octanol–water partition coefficient (Wildman–Crippen LogP) is 2.75. The van der Waals surface area contributed by atoms with Crippen molar-refractivity contribution in [3.8, 4) is 5.69 Å². The molecule has 18 heavy (non-hydrogen) atoms. The van der Waals surface area contributed by atoms with Gasteiger partial charge in [0.25, 0.3) is 5.69 Å². The number of Topliss-reactive ketones (excluding diaryl/α,β-unsaturated/α-hetero) is 1. The molecule has 0 unspecified atom stereocenters. The van der Waals surface area contributed by atoms with E-state index in [1.54, 1.807) is 18.5 Å². The third kappa shape index (κ3) is 2.30. The van der Waals surface area contributed by atoms with Crippen molar-refractivity contribution in [1.82, 2.24) is 9.78 Å². The molecule has 0 fully saturated rings. The van der Waals surface area contributed by atoms with Crippen LogP contribution in [0.25, 0.3) is 5.69 Å². The Morgan fingerprint density at radius 1 is 1.50 bits per heavy atom. The lowest BCUT2D eigenvalue weighted by Gasteiger charge is -2.04. The first-order chi connectivity index (χ1) is 8.49. The molecule has 0 saturated carbocycles. The number of nitrogens with zero attached hydrogens (tertiary/aromatic N) is 3. The third-order valence-electron chi connectivity index (χ3n) is 2.37. The van der Waals surface area contributed by atoms with E-state index in [9.17, 15) is 14.9 Å². The Morgan fingerprint density at radius 2 is 2.22 bits per heavy atom. The molecular formula is C11H8BrN3O3. The molecule has 1 heterocycles. The smallest absolute Gasteiger partial charge is 0.280 e. The van der Waals surface area contributed by atoms with E-state index >= 15 is 0 Å². The van der Waals surface area contributed by atoms with Crippen molar-refractivity contribution in [2.24, 2.45) is 0 Å². The molecule has 0 aliphatic carbocycles. The van der Waals surface area contributed by atoms with Crippen molar-refractivity contribution in [1.29, 1.82) is 0 Å². The van der Waals surface area contributed by atoms with Crippen LogP contribution in [-0.4, -0.2) is 20.5 Å². The summed E-state index contributed by atoms with van der Waals surface area (Å²) in [5, 5.41) is 14.9. The van der Waals surface area contributed by atoms with Gasteiger partial charge in [-0.25, -0.2) is 4.68 Å². The molecule has 2 rings (SSSR count). The summed E-state index contributed by atoms with van der Waals surface area (Å²) in [5.41, 5.74) is 0.470.